The summed E-state index contributed by atoms with van der Waals surface area (Å²) in [6.07, 6.45) is 0.361. The molecule has 0 atom stereocenters. The van der Waals surface area contributed by atoms with Crippen LogP contribution >= 0.6 is 0 Å². The topological polar surface area (TPSA) is 100 Å². The van der Waals surface area contributed by atoms with Gasteiger partial charge in [-0.25, -0.2) is 5.01 Å². The number of methoxy groups -OCH3 is 1. The van der Waals surface area contributed by atoms with Gasteiger partial charge in [0.05, 0.1) is 12.8 Å². The predicted molar refractivity (Wildman–Crippen MR) is 99.2 cm³/mol. The highest BCUT2D eigenvalue weighted by molar-refractivity contribution is 6.40. The van der Waals surface area contributed by atoms with Crippen LogP contribution in [0.5, 0.6) is 5.75 Å². The average molecular weight is 366 g/mol. The van der Waals surface area contributed by atoms with E-state index < -0.39 is 11.8 Å². The van der Waals surface area contributed by atoms with E-state index in [1.165, 1.54) is 12.1 Å². The normalized spacial score (nSPS) is 13.6. The van der Waals surface area contributed by atoms with Crippen LogP contribution in [0.25, 0.3) is 0 Å². The van der Waals surface area contributed by atoms with Gasteiger partial charge in [0.2, 0.25) is 5.91 Å². The van der Waals surface area contributed by atoms with Crippen molar-refractivity contribution in [2.45, 2.75) is 12.8 Å². The molecule has 2 aromatic rings. The van der Waals surface area contributed by atoms with Crippen LogP contribution in [0.15, 0.2) is 59.7 Å². The highest BCUT2D eigenvalue weighted by Gasteiger charge is 2.25. The van der Waals surface area contributed by atoms with Crippen LogP contribution in [0.3, 0.4) is 0 Å². The van der Waals surface area contributed by atoms with Crippen molar-refractivity contribution < 1.29 is 19.1 Å². The summed E-state index contributed by atoms with van der Waals surface area (Å²) in [7, 11) is 1.53. The number of ether oxygens (including phenoxy) is 1. The number of amides is 3. The fourth-order valence-corrected chi connectivity index (χ4v) is 2.49. The molecule has 0 unspecified atom stereocenters. The van der Waals surface area contributed by atoms with Gasteiger partial charge < -0.3 is 4.74 Å². The Balaban J connectivity index is 1.64. The van der Waals surface area contributed by atoms with E-state index in [4.69, 9.17) is 4.74 Å². The minimum Gasteiger partial charge on any atom is -0.497 e. The summed E-state index contributed by atoms with van der Waals surface area (Å²) in [6.45, 7) is 0. The Morgan fingerprint density at radius 1 is 0.963 bits per heavy atom. The van der Waals surface area contributed by atoms with Gasteiger partial charge in [-0.3, -0.25) is 25.2 Å². The van der Waals surface area contributed by atoms with Crippen LogP contribution in [0, 0.1) is 0 Å². The largest absolute Gasteiger partial charge is 0.497 e. The molecule has 0 aliphatic carbocycles. The first kappa shape index (κ1) is 18.1. The lowest BCUT2D eigenvalue weighted by Crippen LogP contribution is -2.47. The van der Waals surface area contributed by atoms with Crippen LogP contribution in [0.1, 0.15) is 23.2 Å². The van der Waals surface area contributed by atoms with Crippen LogP contribution in [0.2, 0.25) is 0 Å². The monoisotopic (exact) mass is 366 g/mol. The van der Waals surface area contributed by atoms with Crippen molar-refractivity contribution in [3.63, 3.8) is 0 Å². The number of benzene rings is 2. The van der Waals surface area contributed by atoms with Gasteiger partial charge in [0.15, 0.2) is 0 Å². The molecule has 1 aliphatic rings. The minimum absolute atomic E-state index is 0.160. The third kappa shape index (κ3) is 4.30. The number of hydrogen-bond acceptors (Lipinski definition) is 5. The molecule has 0 radical (unpaired) electrons. The van der Waals surface area contributed by atoms with E-state index in [-0.39, 0.29) is 24.5 Å². The molecule has 0 spiro atoms. The van der Waals surface area contributed by atoms with Crippen LogP contribution in [0.4, 0.5) is 5.69 Å². The summed E-state index contributed by atoms with van der Waals surface area (Å²) in [5.41, 5.74) is 5.77. The maximum atomic E-state index is 12.3. The molecular weight excluding hydrogens is 348 g/mol. The first-order valence-corrected chi connectivity index (χ1v) is 8.28. The number of hydrogen-bond donors (Lipinski definition) is 2. The van der Waals surface area contributed by atoms with Crippen molar-refractivity contribution in [1.29, 1.82) is 0 Å². The number of anilines is 1. The lowest BCUT2D eigenvalue weighted by Gasteiger charge is -2.23. The molecule has 1 heterocycles. The second-order valence-corrected chi connectivity index (χ2v) is 5.72. The van der Waals surface area contributed by atoms with E-state index >= 15 is 0 Å². The number of para-hydroxylation sites is 1. The first-order valence-electron chi connectivity index (χ1n) is 8.28. The van der Waals surface area contributed by atoms with E-state index in [1.807, 2.05) is 6.07 Å². The van der Waals surface area contributed by atoms with Crippen LogP contribution < -0.4 is 20.6 Å². The lowest BCUT2D eigenvalue weighted by atomic mass is 10.1. The second-order valence-electron chi connectivity index (χ2n) is 5.72. The molecule has 0 bridgehead atoms. The predicted octanol–water partition coefficient (Wildman–Crippen LogP) is 1.64. The van der Waals surface area contributed by atoms with E-state index in [9.17, 15) is 14.4 Å². The van der Waals surface area contributed by atoms with Crippen LogP contribution in [-0.2, 0) is 9.59 Å². The standard InChI is InChI=1S/C19H18N4O4/c1-27-15-9-7-13(8-10-15)18(25)20-21-19(26)16-11-12-17(24)23(22-16)14-5-3-2-4-6-14/h2-10H,11-12H2,1H3,(H,20,25)(H,21,26). The van der Waals surface area contributed by atoms with Gasteiger partial charge in [-0.15, -0.1) is 0 Å². The molecule has 27 heavy (non-hydrogen) atoms. The summed E-state index contributed by atoms with van der Waals surface area (Å²) in [6, 6.07) is 15.3. The molecular formula is C19H18N4O4. The molecule has 2 aromatic carbocycles. The quantitative estimate of drug-likeness (QED) is 0.804. The molecule has 0 fully saturated rings. The smallest absolute Gasteiger partial charge is 0.285 e. The van der Waals surface area contributed by atoms with E-state index in [0.717, 1.165) is 0 Å². The minimum atomic E-state index is -0.565. The number of carbonyl (C=O) groups excluding carboxylic acids is 3. The Bertz CT molecular complexity index is 878. The average Bonchev–Trinajstić information content (AvgIpc) is 2.72. The van der Waals surface area contributed by atoms with Gasteiger partial charge in [-0.1, -0.05) is 18.2 Å². The fraction of sp³-hybridized carbons (Fsp3) is 0.158. The van der Waals surface area contributed by atoms with Crippen LogP contribution in [-0.4, -0.2) is 30.5 Å². The van der Waals surface area contributed by atoms with Gasteiger partial charge in [0, 0.05) is 18.4 Å². The molecule has 8 heteroatoms. The summed E-state index contributed by atoms with van der Waals surface area (Å²) >= 11 is 0. The Morgan fingerprint density at radius 2 is 1.63 bits per heavy atom. The van der Waals surface area contributed by atoms with Crippen molar-refractivity contribution in [2.24, 2.45) is 5.10 Å². The number of carbonyl (C=O) groups is 3. The number of nitrogens with zero attached hydrogens (tertiary/aromatic N) is 2. The Hall–Kier alpha value is -3.68. The van der Waals surface area contributed by atoms with Gasteiger partial charge in [0.1, 0.15) is 11.5 Å². The van der Waals surface area contributed by atoms with Gasteiger partial charge in [-0.2, -0.15) is 5.10 Å². The Kier molecular flexibility index (Phi) is 5.46. The summed E-state index contributed by atoms with van der Waals surface area (Å²) < 4.78 is 5.03. The third-order valence-electron chi connectivity index (χ3n) is 3.94. The highest BCUT2D eigenvalue weighted by Crippen LogP contribution is 2.19. The molecule has 1 aliphatic heterocycles. The second kappa shape index (κ2) is 8.13. The molecule has 0 saturated heterocycles. The van der Waals surface area contributed by atoms with E-state index in [1.54, 1.807) is 48.5 Å². The van der Waals surface area contributed by atoms with Crippen molar-refractivity contribution in [3.05, 3.63) is 60.2 Å². The highest BCUT2D eigenvalue weighted by atomic mass is 16.5. The molecule has 3 amide bonds. The maximum Gasteiger partial charge on any atom is 0.285 e. The zero-order chi connectivity index (χ0) is 19.2. The SMILES string of the molecule is COc1ccc(C(=O)NNC(=O)C2=NN(c3ccccc3)C(=O)CC2)cc1. The zero-order valence-corrected chi connectivity index (χ0v) is 14.6. The van der Waals surface area contributed by atoms with Crippen molar-refractivity contribution in [3.8, 4) is 5.75 Å². The molecule has 2 N–H and O–H groups in total. The summed E-state index contributed by atoms with van der Waals surface area (Å²) in [5, 5.41) is 5.33. The molecule has 8 nitrogen and oxygen atoms in total. The number of hydrazine groups is 1. The molecule has 0 saturated carbocycles. The zero-order valence-electron chi connectivity index (χ0n) is 14.6. The maximum absolute atomic E-state index is 12.3. The number of rotatable bonds is 4. The van der Waals surface area contributed by atoms with Crippen molar-refractivity contribution in [2.75, 3.05) is 12.1 Å². The number of hydrazone groups is 1. The summed E-state index contributed by atoms with van der Waals surface area (Å²) in [5.74, 6) is -0.610. The molecule has 3 rings (SSSR count). The van der Waals surface area contributed by atoms with Gasteiger partial charge in [-0.05, 0) is 36.4 Å². The van der Waals surface area contributed by atoms with Gasteiger partial charge >= 0.3 is 0 Å². The summed E-state index contributed by atoms with van der Waals surface area (Å²) in [4.78, 5) is 36.5. The molecule has 0 aromatic heterocycles. The Morgan fingerprint density at radius 3 is 2.30 bits per heavy atom. The first-order chi connectivity index (χ1) is 13.1. The molecule has 138 valence electrons. The van der Waals surface area contributed by atoms with Crippen molar-refractivity contribution >= 4 is 29.1 Å². The lowest BCUT2D eigenvalue weighted by molar-refractivity contribution is -0.119. The van der Waals surface area contributed by atoms with Crippen molar-refractivity contribution in [1.82, 2.24) is 10.9 Å². The fourth-order valence-electron chi connectivity index (χ4n) is 2.49. The number of nitrogens with one attached hydrogen (secondary N) is 2. The van der Waals surface area contributed by atoms with E-state index in [0.29, 0.717) is 17.0 Å². The third-order valence-corrected chi connectivity index (χ3v) is 3.94. The Labute approximate surface area is 155 Å². The van der Waals surface area contributed by atoms with Gasteiger partial charge in [0.25, 0.3) is 11.8 Å². The van der Waals surface area contributed by atoms with E-state index in [2.05, 4.69) is 16.0 Å².